The minimum atomic E-state index is -0.333. The number of aromatic nitrogens is 4. The molecule has 2 heterocycles. The van der Waals surface area contributed by atoms with Gasteiger partial charge in [-0.05, 0) is 78.6 Å². The van der Waals surface area contributed by atoms with Crippen molar-refractivity contribution in [3.63, 3.8) is 0 Å². The van der Waals surface area contributed by atoms with Crippen molar-refractivity contribution in [3.05, 3.63) is 76.5 Å². The van der Waals surface area contributed by atoms with Gasteiger partial charge in [-0.2, -0.15) is 0 Å². The Kier molecular flexibility index (Phi) is 7.67. The smallest absolute Gasteiger partial charge is 0.255 e. The van der Waals surface area contributed by atoms with Gasteiger partial charge in [0.15, 0.2) is 16.8 Å². The maximum Gasteiger partial charge on any atom is 0.255 e. The Morgan fingerprint density at radius 3 is 2.69 bits per heavy atom. The normalized spacial score (nSPS) is 10.9. The third kappa shape index (κ3) is 6.00. The van der Waals surface area contributed by atoms with Crippen LogP contribution in [0.3, 0.4) is 0 Å². The molecule has 0 saturated heterocycles. The molecular weight excluding hydrogens is 446 g/mol. The summed E-state index contributed by atoms with van der Waals surface area (Å²) >= 11 is 0. The van der Waals surface area contributed by atoms with Crippen molar-refractivity contribution in [2.24, 2.45) is 0 Å². The van der Waals surface area contributed by atoms with Crippen LogP contribution in [0.15, 0.2) is 64.3 Å². The molecule has 0 unspecified atom stereocenters. The number of rotatable bonds is 11. The third-order valence-corrected chi connectivity index (χ3v) is 5.49. The van der Waals surface area contributed by atoms with Gasteiger partial charge in [0.1, 0.15) is 5.75 Å². The molecule has 9 nitrogen and oxygen atoms in total. The predicted molar refractivity (Wildman–Crippen MR) is 134 cm³/mol. The van der Waals surface area contributed by atoms with Crippen molar-refractivity contribution in [2.45, 2.75) is 39.0 Å². The van der Waals surface area contributed by atoms with E-state index < -0.39 is 0 Å². The lowest BCUT2D eigenvalue weighted by Crippen LogP contribution is -2.13. The molecule has 4 aromatic rings. The summed E-state index contributed by atoms with van der Waals surface area (Å²) in [5.41, 5.74) is 1.62. The van der Waals surface area contributed by atoms with Crippen molar-refractivity contribution in [2.75, 3.05) is 11.9 Å². The Bertz CT molecular complexity index is 1360. The Balaban J connectivity index is 1.45. The van der Waals surface area contributed by atoms with Crippen molar-refractivity contribution in [3.8, 4) is 17.3 Å². The van der Waals surface area contributed by atoms with Crippen LogP contribution >= 0.6 is 0 Å². The van der Waals surface area contributed by atoms with Gasteiger partial charge in [-0.1, -0.05) is 18.9 Å². The van der Waals surface area contributed by atoms with Crippen LogP contribution in [0.2, 0.25) is 0 Å². The van der Waals surface area contributed by atoms with Gasteiger partial charge in [-0.3, -0.25) is 9.59 Å². The van der Waals surface area contributed by atoms with Gasteiger partial charge < -0.3 is 14.5 Å². The molecule has 0 aliphatic heterocycles. The summed E-state index contributed by atoms with van der Waals surface area (Å²) in [6, 6.07) is 11.7. The molecule has 1 amide bonds. The lowest BCUT2D eigenvalue weighted by Gasteiger charge is -2.11. The molecule has 4 rings (SSSR count). The van der Waals surface area contributed by atoms with Gasteiger partial charge >= 0.3 is 0 Å². The largest absolute Gasteiger partial charge is 0.494 e. The quantitative estimate of drug-likeness (QED) is 0.231. The van der Waals surface area contributed by atoms with E-state index in [9.17, 15) is 9.59 Å². The van der Waals surface area contributed by atoms with E-state index in [0.717, 1.165) is 31.2 Å². The van der Waals surface area contributed by atoms with Gasteiger partial charge in [-0.15, -0.1) is 11.7 Å². The number of ether oxygens (including phenoxy) is 1. The first kappa shape index (κ1) is 23.9. The average molecular weight is 474 g/mol. The Morgan fingerprint density at radius 2 is 1.94 bits per heavy atom. The molecule has 0 saturated carbocycles. The molecular formula is C26H27N5O4. The molecule has 0 spiro atoms. The third-order valence-electron chi connectivity index (χ3n) is 5.49. The summed E-state index contributed by atoms with van der Waals surface area (Å²) < 4.78 is 11.7. The highest BCUT2D eigenvalue weighted by Crippen LogP contribution is 2.27. The number of H-pyrrole nitrogens is 1. The molecule has 2 aromatic carbocycles. The molecule has 2 N–H and O–H groups in total. The average Bonchev–Trinajstić information content (AvgIpc) is 3.39. The molecule has 2 aromatic heterocycles. The van der Waals surface area contributed by atoms with Crippen LogP contribution in [0.25, 0.3) is 22.6 Å². The second-order valence-corrected chi connectivity index (χ2v) is 8.23. The number of fused-ring (bicyclic) bond motifs is 1. The van der Waals surface area contributed by atoms with Gasteiger partial charge in [0.2, 0.25) is 5.82 Å². The number of unbranched alkanes of at least 4 members (excludes halogenated alkanes) is 4. The zero-order valence-corrected chi connectivity index (χ0v) is 19.5. The number of aryl methyl sites for hydroxylation is 1. The zero-order valence-electron chi connectivity index (χ0n) is 19.5. The summed E-state index contributed by atoms with van der Waals surface area (Å²) in [5.74, 6) is 0.772. The SMILES string of the molecule is C=CCCCCCCOc1ccc(C(=O)Nc2cc(C)cc3c(=O)cc(-c4nnn[nH]4)oc23)cc1. The maximum atomic E-state index is 12.9. The molecule has 0 aliphatic carbocycles. The molecule has 0 aliphatic rings. The van der Waals surface area contributed by atoms with Gasteiger partial charge in [0.25, 0.3) is 5.91 Å². The summed E-state index contributed by atoms with van der Waals surface area (Å²) in [7, 11) is 0. The summed E-state index contributed by atoms with van der Waals surface area (Å²) in [4.78, 5) is 25.6. The number of anilines is 1. The molecule has 0 atom stereocenters. The van der Waals surface area contributed by atoms with Gasteiger partial charge in [0.05, 0.1) is 17.7 Å². The first-order valence-electron chi connectivity index (χ1n) is 11.5. The summed E-state index contributed by atoms with van der Waals surface area (Å²) in [6.45, 7) is 6.21. The Morgan fingerprint density at radius 1 is 1.14 bits per heavy atom. The van der Waals surface area contributed by atoms with E-state index in [2.05, 4.69) is 32.5 Å². The van der Waals surface area contributed by atoms with Crippen molar-refractivity contribution in [1.82, 2.24) is 20.6 Å². The topological polar surface area (TPSA) is 123 Å². The molecule has 9 heteroatoms. The predicted octanol–water partition coefficient (Wildman–Crippen LogP) is 5.05. The van der Waals surface area contributed by atoms with Crippen LogP contribution in [-0.4, -0.2) is 33.1 Å². The lowest BCUT2D eigenvalue weighted by molar-refractivity contribution is 0.102. The Hall–Kier alpha value is -4.27. The molecule has 0 bridgehead atoms. The highest BCUT2D eigenvalue weighted by atomic mass is 16.5. The number of aromatic amines is 1. The number of hydrogen-bond donors (Lipinski definition) is 2. The van der Waals surface area contributed by atoms with Gasteiger partial charge in [-0.25, -0.2) is 5.10 Å². The van der Waals surface area contributed by atoms with E-state index >= 15 is 0 Å². The van der Waals surface area contributed by atoms with Gasteiger partial charge in [0, 0.05) is 11.6 Å². The van der Waals surface area contributed by atoms with E-state index in [1.54, 1.807) is 36.4 Å². The monoisotopic (exact) mass is 473 g/mol. The van der Waals surface area contributed by atoms with Crippen molar-refractivity contribution in [1.29, 1.82) is 0 Å². The van der Waals surface area contributed by atoms with Crippen LogP contribution < -0.4 is 15.5 Å². The van der Waals surface area contributed by atoms with Crippen molar-refractivity contribution < 1.29 is 13.9 Å². The highest BCUT2D eigenvalue weighted by Gasteiger charge is 2.16. The standard InChI is InChI=1S/C26H27N5O4/c1-3-4-5-6-7-8-13-34-19-11-9-18(10-12-19)26(33)27-21-15-17(2)14-20-22(32)16-23(35-24(20)21)25-28-30-31-29-25/h3,9-12,14-16H,1,4-8,13H2,2H3,(H,27,33)(H,28,29,30,31). The van der Waals surface area contributed by atoms with Crippen LogP contribution in [0.5, 0.6) is 5.75 Å². The Labute approximate surface area is 202 Å². The second kappa shape index (κ2) is 11.2. The first-order chi connectivity index (χ1) is 17.0. The minimum absolute atomic E-state index is 0.175. The lowest BCUT2D eigenvalue weighted by atomic mass is 10.1. The molecule has 35 heavy (non-hydrogen) atoms. The van der Waals surface area contributed by atoms with E-state index in [4.69, 9.17) is 9.15 Å². The molecule has 0 fully saturated rings. The zero-order chi connectivity index (χ0) is 24.6. The number of nitrogens with one attached hydrogen (secondary N) is 2. The number of carbonyl (C=O) groups excluding carboxylic acids is 1. The van der Waals surface area contributed by atoms with Crippen LogP contribution in [0.4, 0.5) is 5.69 Å². The molecule has 180 valence electrons. The fourth-order valence-electron chi connectivity index (χ4n) is 3.71. The fourth-order valence-corrected chi connectivity index (χ4v) is 3.71. The number of benzene rings is 2. The number of carbonyl (C=O) groups is 1. The molecule has 0 radical (unpaired) electrons. The van der Waals surface area contributed by atoms with Crippen LogP contribution in [-0.2, 0) is 0 Å². The number of amides is 1. The minimum Gasteiger partial charge on any atom is -0.494 e. The van der Waals surface area contributed by atoms with E-state index in [1.165, 1.54) is 12.5 Å². The number of tetrazole rings is 1. The van der Waals surface area contributed by atoms with E-state index in [-0.39, 0.29) is 28.5 Å². The van der Waals surface area contributed by atoms with Crippen LogP contribution in [0, 0.1) is 6.92 Å². The fraction of sp³-hybridized carbons (Fsp3) is 0.269. The van der Waals surface area contributed by atoms with E-state index in [0.29, 0.717) is 29.0 Å². The summed E-state index contributed by atoms with van der Waals surface area (Å²) in [5, 5.41) is 16.6. The maximum absolute atomic E-state index is 12.9. The summed E-state index contributed by atoms with van der Waals surface area (Å²) in [6.07, 6.45) is 7.42. The second-order valence-electron chi connectivity index (χ2n) is 8.23. The van der Waals surface area contributed by atoms with E-state index in [1.807, 2.05) is 13.0 Å². The van der Waals surface area contributed by atoms with Crippen LogP contribution in [0.1, 0.15) is 48.0 Å². The number of allylic oxidation sites excluding steroid dienone is 1. The van der Waals surface area contributed by atoms with Crippen molar-refractivity contribution >= 4 is 22.6 Å². The number of nitrogens with zero attached hydrogens (tertiary/aromatic N) is 3. The first-order valence-corrected chi connectivity index (χ1v) is 11.5. The highest BCUT2D eigenvalue weighted by molar-refractivity contribution is 6.08. The number of hydrogen-bond acceptors (Lipinski definition) is 7.